The maximum Gasteiger partial charge on any atom is 0.407 e. The highest BCUT2D eigenvalue weighted by Gasteiger charge is 2.30. The second-order valence-electron chi connectivity index (χ2n) is 5.67. The lowest BCUT2D eigenvalue weighted by Gasteiger charge is -2.37. The molecule has 0 saturated carbocycles. The first kappa shape index (κ1) is 14.8. The number of ether oxygens (including phenoxy) is 1. The second kappa shape index (κ2) is 5.56. The Kier molecular flexibility index (Phi) is 4.56. The molecule has 0 aromatic rings. The Morgan fingerprint density at radius 3 is 2.50 bits per heavy atom. The van der Waals surface area contributed by atoms with Gasteiger partial charge in [-0.3, -0.25) is 4.79 Å². The average molecular weight is 257 g/mol. The van der Waals surface area contributed by atoms with E-state index in [9.17, 15) is 9.59 Å². The van der Waals surface area contributed by atoms with E-state index in [-0.39, 0.29) is 18.0 Å². The van der Waals surface area contributed by atoms with Crippen molar-refractivity contribution in [2.75, 3.05) is 13.1 Å². The van der Waals surface area contributed by atoms with Crippen molar-refractivity contribution in [2.24, 2.45) is 5.73 Å². The van der Waals surface area contributed by atoms with Crippen LogP contribution < -0.4 is 11.1 Å². The monoisotopic (exact) mass is 257 g/mol. The van der Waals surface area contributed by atoms with Crippen molar-refractivity contribution in [1.29, 1.82) is 0 Å². The smallest absolute Gasteiger partial charge is 0.407 e. The first-order valence-corrected chi connectivity index (χ1v) is 6.19. The summed E-state index contributed by atoms with van der Waals surface area (Å²) in [6.07, 6.45) is 0.188. The molecular formula is C12H23N3O3. The van der Waals surface area contributed by atoms with E-state index in [0.29, 0.717) is 19.5 Å². The predicted octanol–water partition coefficient (Wildman–Crippen LogP) is 0.459. The zero-order valence-corrected chi connectivity index (χ0v) is 11.5. The molecule has 0 aromatic heterocycles. The highest BCUT2D eigenvalue weighted by Crippen LogP contribution is 2.11. The molecular weight excluding hydrogens is 234 g/mol. The fourth-order valence-electron chi connectivity index (χ4n) is 1.87. The minimum absolute atomic E-state index is 0.00195. The molecule has 18 heavy (non-hydrogen) atoms. The molecule has 1 rings (SSSR count). The zero-order chi connectivity index (χ0) is 13.9. The molecule has 1 heterocycles. The lowest BCUT2D eigenvalue weighted by atomic mass is 10.0. The number of carbonyl (C=O) groups is 2. The molecule has 0 radical (unpaired) electrons. The average Bonchev–Trinajstić information content (AvgIpc) is 2.18. The number of rotatable bonds is 1. The van der Waals surface area contributed by atoms with Gasteiger partial charge in [0.1, 0.15) is 5.60 Å². The van der Waals surface area contributed by atoms with E-state index in [1.807, 2.05) is 0 Å². The molecule has 1 fully saturated rings. The van der Waals surface area contributed by atoms with Crippen LogP contribution >= 0.6 is 0 Å². The summed E-state index contributed by atoms with van der Waals surface area (Å²) in [5.41, 5.74) is 5.41. The summed E-state index contributed by atoms with van der Waals surface area (Å²) in [5, 5.41) is 2.73. The number of amides is 2. The van der Waals surface area contributed by atoms with E-state index in [1.54, 1.807) is 25.7 Å². The van der Waals surface area contributed by atoms with Gasteiger partial charge in [0.05, 0.1) is 6.04 Å². The maximum atomic E-state index is 11.7. The van der Waals surface area contributed by atoms with Gasteiger partial charge in [0.25, 0.3) is 0 Å². The molecule has 1 aliphatic heterocycles. The van der Waals surface area contributed by atoms with Crippen LogP contribution in [0.3, 0.4) is 0 Å². The summed E-state index contributed by atoms with van der Waals surface area (Å²) < 4.78 is 5.18. The van der Waals surface area contributed by atoms with Gasteiger partial charge < -0.3 is 20.7 Å². The van der Waals surface area contributed by atoms with Gasteiger partial charge in [-0.2, -0.15) is 0 Å². The molecule has 2 atom stereocenters. The molecule has 0 bridgehead atoms. The number of nitrogens with one attached hydrogen (secondary N) is 1. The highest BCUT2D eigenvalue weighted by atomic mass is 16.6. The zero-order valence-electron chi connectivity index (χ0n) is 11.5. The Balaban J connectivity index is 2.53. The molecule has 6 heteroatoms. The van der Waals surface area contributed by atoms with E-state index in [4.69, 9.17) is 10.5 Å². The lowest BCUT2D eigenvalue weighted by molar-refractivity contribution is -0.130. The fourth-order valence-corrected chi connectivity index (χ4v) is 1.87. The number of piperidine rings is 1. The first-order valence-electron chi connectivity index (χ1n) is 6.19. The second-order valence-corrected chi connectivity index (χ2v) is 5.67. The molecule has 0 aromatic carbocycles. The Morgan fingerprint density at radius 1 is 1.39 bits per heavy atom. The minimum atomic E-state index is -0.539. The summed E-state index contributed by atoms with van der Waals surface area (Å²) in [5.74, 6) is -0.00195. The molecule has 2 unspecified atom stereocenters. The van der Waals surface area contributed by atoms with Crippen LogP contribution in [0, 0.1) is 0 Å². The largest absolute Gasteiger partial charge is 0.444 e. The normalized spacial score (nSPS) is 24.6. The Labute approximate surface area is 108 Å². The van der Waals surface area contributed by atoms with Crippen LogP contribution in [0.15, 0.2) is 0 Å². The van der Waals surface area contributed by atoms with Crippen molar-refractivity contribution in [2.45, 2.75) is 51.8 Å². The van der Waals surface area contributed by atoms with Crippen LogP contribution in [0.4, 0.5) is 4.79 Å². The lowest BCUT2D eigenvalue weighted by Crippen LogP contribution is -2.59. The standard InChI is InChI=1S/C12H23N3O3/c1-8(16)15-6-5-9(13)10(7-15)14-11(17)18-12(2,3)4/h9-10H,5-7,13H2,1-4H3,(H,14,17). The van der Waals surface area contributed by atoms with Crippen LogP contribution in [0.25, 0.3) is 0 Å². The number of nitrogens with zero attached hydrogens (tertiary/aromatic N) is 1. The first-order chi connectivity index (χ1) is 8.19. The number of hydrogen-bond donors (Lipinski definition) is 2. The number of nitrogens with two attached hydrogens (primary N) is 1. The van der Waals surface area contributed by atoms with E-state index in [1.165, 1.54) is 6.92 Å². The van der Waals surface area contributed by atoms with E-state index in [2.05, 4.69) is 5.32 Å². The van der Waals surface area contributed by atoms with Crippen molar-refractivity contribution in [3.05, 3.63) is 0 Å². The third-order valence-electron chi connectivity index (χ3n) is 2.81. The molecule has 0 spiro atoms. The molecule has 3 N–H and O–H groups in total. The number of hydrogen-bond acceptors (Lipinski definition) is 4. The van der Waals surface area contributed by atoms with Crippen molar-refractivity contribution >= 4 is 12.0 Å². The van der Waals surface area contributed by atoms with Crippen molar-refractivity contribution in [3.8, 4) is 0 Å². The summed E-state index contributed by atoms with van der Waals surface area (Å²) >= 11 is 0. The molecule has 104 valence electrons. The quantitative estimate of drug-likeness (QED) is 0.714. The van der Waals surface area contributed by atoms with E-state index >= 15 is 0 Å². The van der Waals surface area contributed by atoms with Gasteiger partial charge in [-0.1, -0.05) is 0 Å². The van der Waals surface area contributed by atoms with E-state index in [0.717, 1.165) is 0 Å². The summed E-state index contributed by atoms with van der Waals surface area (Å²) in [6, 6.07) is -0.398. The Morgan fingerprint density at radius 2 is 2.00 bits per heavy atom. The Hall–Kier alpha value is -1.30. The van der Waals surface area contributed by atoms with E-state index < -0.39 is 11.7 Å². The number of alkyl carbamates (subject to hydrolysis) is 1. The van der Waals surface area contributed by atoms with Gasteiger partial charge in [-0.15, -0.1) is 0 Å². The van der Waals surface area contributed by atoms with Crippen molar-refractivity contribution in [3.63, 3.8) is 0 Å². The SMILES string of the molecule is CC(=O)N1CCC(N)C(NC(=O)OC(C)(C)C)C1. The van der Waals surface area contributed by atoms with Gasteiger partial charge in [0, 0.05) is 26.1 Å². The third-order valence-corrected chi connectivity index (χ3v) is 2.81. The molecule has 2 amide bonds. The maximum absolute atomic E-state index is 11.7. The molecule has 6 nitrogen and oxygen atoms in total. The van der Waals surface area contributed by atoms with Gasteiger partial charge >= 0.3 is 6.09 Å². The number of likely N-dealkylation sites (tertiary alicyclic amines) is 1. The Bertz CT molecular complexity index is 325. The van der Waals surface area contributed by atoms with Crippen molar-refractivity contribution < 1.29 is 14.3 Å². The minimum Gasteiger partial charge on any atom is -0.444 e. The fraction of sp³-hybridized carbons (Fsp3) is 0.833. The van der Waals surface area contributed by atoms with Crippen LogP contribution in [-0.2, 0) is 9.53 Å². The van der Waals surface area contributed by atoms with Crippen LogP contribution in [0.2, 0.25) is 0 Å². The molecule has 1 aliphatic rings. The van der Waals surface area contributed by atoms with Crippen molar-refractivity contribution in [1.82, 2.24) is 10.2 Å². The molecule has 1 saturated heterocycles. The summed E-state index contributed by atoms with van der Waals surface area (Å²) in [4.78, 5) is 24.6. The third kappa shape index (κ3) is 4.52. The van der Waals surface area contributed by atoms with Crippen LogP contribution in [0.1, 0.15) is 34.1 Å². The molecule has 0 aliphatic carbocycles. The van der Waals surface area contributed by atoms with Gasteiger partial charge in [0.15, 0.2) is 0 Å². The van der Waals surface area contributed by atoms with Crippen LogP contribution in [-0.4, -0.2) is 47.7 Å². The topological polar surface area (TPSA) is 84.7 Å². The van der Waals surface area contributed by atoms with Gasteiger partial charge in [0.2, 0.25) is 5.91 Å². The number of carbonyl (C=O) groups excluding carboxylic acids is 2. The van der Waals surface area contributed by atoms with Crippen LogP contribution in [0.5, 0.6) is 0 Å². The summed E-state index contributed by atoms with van der Waals surface area (Å²) in [7, 11) is 0. The summed E-state index contributed by atoms with van der Waals surface area (Å²) in [6.45, 7) is 8.00. The highest BCUT2D eigenvalue weighted by molar-refractivity contribution is 5.73. The van der Waals surface area contributed by atoms with Gasteiger partial charge in [-0.25, -0.2) is 4.79 Å². The predicted molar refractivity (Wildman–Crippen MR) is 68.0 cm³/mol. The van der Waals surface area contributed by atoms with Gasteiger partial charge in [-0.05, 0) is 27.2 Å².